The van der Waals surface area contributed by atoms with Gasteiger partial charge in [0, 0.05) is 10.6 Å². The Balaban J connectivity index is 1.51. The minimum Gasteiger partial charge on any atom is -0.494 e. The van der Waals surface area contributed by atoms with Crippen LogP contribution in [0.1, 0.15) is 11.8 Å². The minimum absolute atomic E-state index is 0.135. The first-order valence-electron chi connectivity index (χ1n) is 9.96. The van der Waals surface area contributed by atoms with Crippen LogP contribution in [-0.2, 0) is 4.79 Å². The Bertz CT molecular complexity index is 1060. The lowest BCUT2D eigenvalue weighted by Gasteiger charge is -2.18. The highest BCUT2D eigenvalue weighted by molar-refractivity contribution is 8.14. The van der Waals surface area contributed by atoms with Gasteiger partial charge in [0.25, 0.3) is 5.91 Å². The van der Waals surface area contributed by atoms with Crippen molar-refractivity contribution in [1.29, 1.82) is 0 Å². The van der Waals surface area contributed by atoms with E-state index in [9.17, 15) is 4.79 Å². The lowest BCUT2D eigenvalue weighted by atomic mass is 10.2. The van der Waals surface area contributed by atoms with E-state index in [4.69, 9.17) is 9.47 Å². The fourth-order valence-electron chi connectivity index (χ4n) is 3.00. The maximum atomic E-state index is 13.2. The molecule has 4 rings (SSSR count). The molecule has 0 saturated heterocycles. The predicted molar refractivity (Wildman–Crippen MR) is 129 cm³/mol. The Kier molecular flexibility index (Phi) is 7.07. The quantitative estimate of drug-likeness (QED) is 0.326. The number of thioether (sulfide) groups is 1. The summed E-state index contributed by atoms with van der Waals surface area (Å²) in [5, 5.41) is 2.63. The van der Waals surface area contributed by atoms with Crippen LogP contribution in [0.25, 0.3) is 6.08 Å². The molecule has 7 heteroatoms. The monoisotopic (exact) mass is 450 g/mol. The van der Waals surface area contributed by atoms with E-state index in [1.807, 2.05) is 85.1 Å². The molecule has 31 heavy (non-hydrogen) atoms. The van der Waals surface area contributed by atoms with Gasteiger partial charge >= 0.3 is 0 Å². The van der Waals surface area contributed by atoms with Crippen molar-refractivity contribution in [3.05, 3.63) is 82.7 Å². The molecule has 0 fully saturated rings. The number of aliphatic imine (C=N–C) groups is 1. The topological polar surface area (TPSA) is 51.1 Å². The summed E-state index contributed by atoms with van der Waals surface area (Å²) in [4.78, 5) is 20.5. The zero-order chi connectivity index (χ0) is 21.5. The molecule has 0 saturated carbocycles. The molecule has 1 aliphatic heterocycles. The van der Waals surface area contributed by atoms with E-state index >= 15 is 0 Å². The van der Waals surface area contributed by atoms with Gasteiger partial charge < -0.3 is 9.47 Å². The van der Waals surface area contributed by atoms with Crippen LogP contribution in [0.15, 0.2) is 82.8 Å². The number of carbonyl (C=O) groups excluding carboxylic acids is 1. The molecule has 2 heterocycles. The first-order chi connectivity index (χ1) is 15.2. The van der Waals surface area contributed by atoms with Crippen LogP contribution in [0, 0.1) is 0 Å². The van der Waals surface area contributed by atoms with E-state index in [0.29, 0.717) is 29.8 Å². The standard InChI is InChI=1S/C24H22N2O3S2/c1-2-28-20-12-10-18(11-13-20)26-23(27)22(17-21-9-6-15-30-21)25-24(26)31-16-14-29-19-7-4-3-5-8-19/h3-13,15,17H,2,14,16H2,1H3/b22-17-. The zero-order valence-corrected chi connectivity index (χ0v) is 18.7. The Morgan fingerprint density at radius 3 is 2.48 bits per heavy atom. The fourth-order valence-corrected chi connectivity index (χ4v) is 4.48. The fraction of sp³-hybridized carbons (Fsp3) is 0.167. The van der Waals surface area contributed by atoms with E-state index in [1.165, 1.54) is 11.8 Å². The van der Waals surface area contributed by atoms with E-state index in [-0.39, 0.29) is 5.91 Å². The van der Waals surface area contributed by atoms with Crippen LogP contribution in [0.3, 0.4) is 0 Å². The molecule has 5 nitrogen and oxygen atoms in total. The minimum atomic E-state index is -0.135. The van der Waals surface area contributed by atoms with Gasteiger partial charge in [-0.2, -0.15) is 0 Å². The second-order valence-electron chi connectivity index (χ2n) is 6.52. The van der Waals surface area contributed by atoms with Gasteiger partial charge in [0.05, 0.1) is 18.9 Å². The van der Waals surface area contributed by atoms with E-state index in [2.05, 4.69) is 4.99 Å². The highest BCUT2D eigenvalue weighted by Gasteiger charge is 2.32. The van der Waals surface area contributed by atoms with Gasteiger partial charge in [0.15, 0.2) is 5.17 Å². The van der Waals surface area contributed by atoms with Gasteiger partial charge in [-0.05, 0) is 60.8 Å². The van der Waals surface area contributed by atoms with Crippen molar-refractivity contribution in [3.8, 4) is 11.5 Å². The van der Waals surface area contributed by atoms with Crippen LogP contribution in [0.5, 0.6) is 11.5 Å². The predicted octanol–water partition coefficient (Wildman–Crippen LogP) is 5.70. The van der Waals surface area contributed by atoms with Crippen LogP contribution in [-0.4, -0.2) is 30.0 Å². The molecule has 0 N–H and O–H groups in total. The molecule has 0 radical (unpaired) electrons. The third-order valence-corrected chi connectivity index (χ3v) is 6.11. The number of thiophene rings is 1. The molecule has 1 aromatic heterocycles. The number of amides is 1. The maximum Gasteiger partial charge on any atom is 0.283 e. The Hall–Kier alpha value is -3.03. The molecule has 0 unspecified atom stereocenters. The third-order valence-electron chi connectivity index (χ3n) is 4.38. The summed E-state index contributed by atoms with van der Waals surface area (Å²) >= 11 is 3.08. The first kappa shape index (κ1) is 21.2. The summed E-state index contributed by atoms with van der Waals surface area (Å²) in [6.07, 6.45) is 1.84. The molecule has 1 amide bonds. The lowest BCUT2D eigenvalue weighted by Crippen LogP contribution is -2.30. The number of hydrogen-bond donors (Lipinski definition) is 0. The number of anilines is 1. The molecule has 0 spiro atoms. The maximum absolute atomic E-state index is 13.2. The van der Waals surface area contributed by atoms with Crippen molar-refractivity contribution in [3.63, 3.8) is 0 Å². The first-order valence-corrected chi connectivity index (χ1v) is 11.8. The van der Waals surface area contributed by atoms with Gasteiger partial charge in [-0.3, -0.25) is 9.69 Å². The van der Waals surface area contributed by atoms with E-state index in [0.717, 1.165) is 22.1 Å². The number of benzene rings is 2. The second kappa shape index (κ2) is 10.3. The van der Waals surface area contributed by atoms with Gasteiger partial charge in [0.1, 0.15) is 17.2 Å². The van der Waals surface area contributed by atoms with Crippen molar-refractivity contribution in [2.45, 2.75) is 6.92 Å². The van der Waals surface area contributed by atoms with Gasteiger partial charge in [-0.1, -0.05) is 36.0 Å². The van der Waals surface area contributed by atoms with Crippen LogP contribution in [0.4, 0.5) is 5.69 Å². The molecule has 158 valence electrons. The van der Waals surface area contributed by atoms with Crippen molar-refractivity contribution in [2.24, 2.45) is 4.99 Å². The van der Waals surface area contributed by atoms with Crippen LogP contribution < -0.4 is 14.4 Å². The highest BCUT2D eigenvalue weighted by Crippen LogP contribution is 2.31. The zero-order valence-electron chi connectivity index (χ0n) is 17.1. The average molecular weight is 451 g/mol. The summed E-state index contributed by atoms with van der Waals surface area (Å²) in [6.45, 7) is 3.06. The van der Waals surface area contributed by atoms with Crippen LogP contribution in [0.2, 0.25) is 0 Å². The Labute approximate surface area is 190 Å². The smallest absolute Gasteiger partial charge is 0.283 e. The lowest BCUT2D eigenvalue weighted by molar-refractivity contribution is -0.113. The summed E-state index contributed by atoms with van der Waals surface area (Å²) in [6, 6.07) is 21.1. The number of carbonyl (C=O) groups is 1. The summed E-state index contributed by atoms with van der Waals surface area (Å²) in [5.74, 6) is 2.13. The average Bonchev–Trinajstić information content (AvgIpc) is 3.41. The number of rotatable bonds is 8. The summed E-state index contributed by atoms with van der Waals surface area (Å²) in [5.41, 5.74) is 1.20. The van der Waals surface area contributed by atoms with Crippen molar-refractivity contribution in [1.82, 2.24) is 0 Å². The van der Waals surface area contributed by atoms with E-state index < -0.39 is 0 Å². The molecule has 1 aliphatic rings. The van der Waals surface area contributed by atoms with Crippen LogP contribution >= 0.6 is 23.1 Å². The molecule has 0 aliphatic carbocycles. The summed E-state index contributed by atoms with van der Waals surface area (Å²) < 4.78 is 11.3. The van der Waals surface area contributed by atoms with Gasteiger partial charge in [-0.25, -0.2) is 4.99 Å². The second-order valence-corrected chi connectivity index (χ2v) is 8.56. The number of hydrogen-bond acceptors (Lipinski definition) is 6. The Morgan fingerprint density at radius 2 is 1.77 bits per heavy atom. The number of ether oxygens (including phenoxy) is 2. The van der Waals surface area contributed by atoms with Crippen molar-refractivity contribution in [2.75, 3.05) is 23.9 Å². The summed E-state index contributed by atoms with van der Waals surface area (Å²) in [7, 11) is 0. The number of nitrogens with zero attached hydrogens (tertiary/aromatic N) is 2. The molecule has 3 aromatic rings. The number of para-hydroxylation sites is 1. The third kappa shape index (κ3) is 5.37. The molecule has 2 aromatic carbocycles. The molecular weight excluding hydrogens is 428 g/mol. The number of amidine groups is 1. The van der Waals surface area contributed by atoms with Gasteiger partial charge in [0.2, 0.25) is 0 Å². The molecular formula is C24H22N2O3S2. The molecule has 0 bridgehead atoms. The van der Waals surface area contributed by atoms with Crippen molar-refractivity contribution >= 4 is 45.9 Å². The Morgan fingerprint density at radius 1 is 1.00 bits per heavy atom. The highest BCUT2D eigenvalue weighted by atomic mass is 32.2. The van der Waals surface area contributed by atoms with E-state index in [1.54, 1.807) is 16.2 Å². The largest absolute Gasteiger partial charge is 0.494 e. The SMILES string of the molecule is CCOc1ccc(N2C(=O)/C(=C/c3cccs3)N=C2SCCOc2ccccc2)cc1. The molecule has 0 atom stereocenters. The van der Waals surface area contributed by atoms with Crippen molar-refractivity contribution < 1.29 is 14.3 Å². The normalized spacial score (nSPS) is 14.7. The van der Waals surface area contributed by atoms with Gasteiger partial charge in [-0.15, -0.1) is 11.3 Å².